The number of halogens is 1. The highest BCUT2D eigenvalue weighted by molar-refractivity contribution is 5.83. The van der Waals surface area contributed by atoms with Crippen molar-refractivity contribution in [2.75, 3.05) is 26.7 Å². The molecule has 0 spiro atoms. The van der Waals surface area contributed by atoms with E-state index in [1.54, 1.807) is 25.4 Å². The maximum atomic E-state index is 15.3. The van der Waals surface area contributed by atoms with E-state index in [4.69, 9.17) is 4.74 Å². The summed E-state index contributed by atoms with van der Waals surface area (Å²) >= 11 is 0. The van der Waals surface area contributed by atoms with Crippen LogP contribution in [0.25, 0.3) is 10.9 Å². The smallest absolute Gasteiger partial charge is 0.308 e. The summed E-state index contributed by atoms with van der Waals surface area (Å²) in [5, 5.41) is 10.6. The van der Waals surface area contributed by atoms with E-state index < -0.39 is 18.1 Å². The molecule has 1 fully saturated rings. The number of hydrogen-bond donors (Lipinski definition) is 1. The zero-order valence-electron chi connectivity index (χ0n) is 19.3. The van der Waals surface area contributed by atoms with Crippen LogP contribution in [0.2, 0.25) is 0 Å². The molecule has 0 unspecified atom stereocenters. The minimum atomic E-state index is -1.19. The topological polar surface area (TPSA) is 62.7 Å². The molecule has 34 heavy (non-hydrogen) atoms. The lowest BCUT2D eigenvalue weighted by atomic mass is 9.81. The van der Waals surface area contributed by atoms with Crippen molar-refractivity contribution < 1.29 is 19.0 Å². The molecule has 1 aliphatic rings. The maximum Gasteiger partial charge on any atom is 0.308 e. The molecule has 0 amide bonds. The number of alkyl halides is 1. The molecule has 0 bridgehead atoms. The first-order valence-electron chi connectivity index (χ1n) is 11.6. The average Bonchev–Trinajstić information content (AvgIpc) is 2.87. The summed E-state index contributed by atoms with van der Waals surface area (Å²) in [5.74, 6) is 5.53. The Morgan fingerprint density at radius 1 is 1.26 bits per heavy atom. The molecule has 1 aliphatic heterocycles. The highest BCUT2D eigenvalue weighted by Gasteiger charge is 2.34. The molecule has 3 atom stereocenters. The first-order valence-corrected chi connectivity index (χ1v) is 11.6. The predicted molar refractivity (Wildman–Crippen MR) is 130 cm³/mol. The van der Waals surface area contributed by atoms with Gasteiger partial charge >= 0.3 is 5.97 Å². The molecule has 3 aromatic rings. The number of carboxylic acids is 1. The van der Waals surface area contributed by atoms with Crippen LogP contribution in [0.15, 0.2) is 60.8 Å². The van der Waals surface area contributed by atoms with Gasteiger partial charge in [-0.25, -0.2) is 4.39 Å². The third-order valence-electron chi connectivity index (χ3n) is 6.58. The lowest BCUT2D eigenvalue weighted by molar-refractivity contribution is -0.146. The van der Waals surface area contributed by atoms with Crippen LogP contribution in [-0.2, 0) is 4.79 Å². The third-order valence-corrected chi connectivity index (χ3v) is 6.58. The zero-order chi connectivity index (χ0) is 23.9. The van der Waals surface area contributed by atoms with Crippen LogP contribution in [-0.4, -0.2) is 47.7 Å². The molecule has 2 heterocycles. The van der Waals surface area contributed by atoms with E-state index in [-0.39, 0.29) is 12.3 Å². The molecule has 0 saturated carbocycles. The third kappa shape index (κ3) is 5.73. The number of piperidine rings is 1. The van der Waals surface area contributed by atoms with Gasteiger partial charge in [0, 0.05) is 23.7 Å². The summed E-state index contributed by atoms with van der Waals surface area (Å²) < 4.78 is 20.6. The Morgan fingerprint density at radius 2 is 2.09 bits per heavy atom. The van der Waals surface area contributed by atoms with Crippen molar-refractivity contribution in [2.24, 2.45) is 11.8 Å². The van der Waals surface area contributed by atoms with Gasteiger partial charge < -0.3 is 9.84 Å². The number of hydrogen-bond acceptors (Lipinski definition) is 4. The van der Waals surface area contributed by atoms with Crippen molar-refractivity contribution in [2.45, 2.75) is 25.4 Å². The Kier molecular flexibility index (Phi) is 7.76. The Balaban J connectivity index is 1.38. The van der Waals surface area contributed by atoms with Gasteiger partial charge in [-0.3, -0.25) is 14.7 Å². The van der Waals surface area contributed by atoms with Gasteiger partial charge in [-0.2, -0.15) is 0 Å². The van der Waals surface area contributed by atoms with Gasteiger partial charge in [0.15, 0.2) is 0 Å². The monoisotopic (exact) mass is 460 g/mol. The number of aliphatic carboxylic acids is 1. The number of nitrogens with zero attached hydrogens (tertiary/aromatic N) is 2. The van der Waals surface area contributed by atoms with Crippen LogP contribution in [0.1, 0.15) is 36.6 Å². The van der Waals surface area contributed by atoms with Crippen molar-refractivity contribution in [1.29, 1.82) is 0 Å². The fourth-order valence-electron chi connectivity index (χ4n) is 4.67. The number of fused-ring (bicyclic) bond motifs is 1. The van der Waals surface area contributed by atoms with Gasteiger partial charge in [-0.05, 0) is 73.7 Å². The van der Waals surface area contributed by atoms with Crippen molar-refractivity contribution in [3.8, 4) is 17.6 Å². The van der Waals surface area contributed by atoms with Crippen molar-refractivity contribution >= 4 is 16.9 Å². The van der Waals surface area contributed by atoms with E-state index in [0.717, 1.165) is 23.9 Å². The van der Waals surface area contributed by atoms with Crippen LogP contribution < -0.4 is 4.74 Å². The molecular weight excluding hydrogens is 431 g/mol. The van der Waals surface area contributed by atoms with Crippen LogP contribution in [0.3, 0.4) is 0 Å². The summed E-state index contributed by atoms with van der Waals surface area (Å²) in [4.78, 5) is 18.4. The molecule has 0 radical (unpaired) electrons. The number of carboxylic acid groups (broad SMARTS) is 1. The first kappa shape index (κ1) is 23.7. The molecule has 1 saturated heterocycles. The van der Waals surface area contributed by atoms with Crippen LogP contribution in [0.4, 0.5) is 4.39 Å². The zero-order valence-corrected chi connectivity index (χ0v) is 19.3. The number of rotatable bonds is 7. The summed E-state index contributed by atoms with van der Waals surface area (Å²) in [6, 6.07) is 16.9. The van der Waals surface area contributed by atoms with Gasteiger partial charge in [0.2, 0.25) is 0 Å². The van der Waals surface area contributed by atoms with E-state index in [2.05, 4.69) is 21.7 Å². The van der Waals surface area contributed by atoms with E-state index in [9.17, 15) is 9.90 Å². The van der Waals surface area contributed by atoms with E-state index in [0.29, 0.717) is 36.3 Å². The number of pyridine rings is 1. The number of aromatic nitrogens is 1. The molecule has 1 N–H and O–H groups in total. The molecule has 4 rings (SSSR count). The molecule has 2 aromatic carbocycles. The average molecular weight is 461 g/mol. The van der Waals surface area contributed by atoms with Gasteiger partial charge in [-0.1, -0.05) is 30.0 Å². The minimum absolute atomic E-state index is 0.0586. The second kappa shape index (κ2) is 11.1. The second-order valence-electron chi connectivity index (χ2n) is 8.72. The fraction of sp³-hybridized carbons (Fsp3) is 0.357. The van der Waals surface area contributed by atoms with Gasteiger partial charge in [0.25, 0.3) is 0 Å². The number of benzene rings is 2. The largest absolute Gasteiger partial charge is 0.497 e. The number of carbonyl (C=O) groups is 1. The Bertz CT molecular complexity index is 1190. The summed E-state index contributed by atoms with van der Waals surface area (Å²) in [7, 11) is 1.58. The van der Waals surface area contributed by atoms with Crippen molar-refractivity contribution in [3.05, 3.63) is 71.9 Å². The number of likely N-dealkylation sites (tertiary alicyclic amines) is 1. The minimum Gasteiger partial charge on any atom is -0.497 e. The van der Waals surface area contributed by atoms with Crippen LogP contribution in [0, 0.1) is 23.7 Å². The fourth-order valence-corrected chi connectivity index (χ4v) is 4.67. The van der Waals surface area contributed by atoms with E-state index in [1.807, 2.05) is 42.5 Å². The van der Waals surface area contributed by atoms with Crippen LogP contribution >= 0.6 is 0 Å². The van der Waals surface area contributed by atoms with Crippen molar-refractivity contribution in [3.63, 3.8) is 0 Å². The molecule has 6 heteroatoms. The standard InChI is InChI=1S/C28H29FN2O3/c1-34-22-10-12-27-24(18-22)23(13-15-30-27)26(29)11-9-21-14-17-31(19-25(21)28(32)33)16-5-8-20-6-3-2-4-7-20/h2-4,6-7,10,12-13,15,18,21,25-26H,9,11,14,16-17,19H2,1H3,(H,32,33)/t21-,25+,26-/m1/s1. The normalized spacial score (nSPS) is 19.2. The van der Waals surface area contributed by atoms with Gasteiger partial charge in [-0.15, -0.1) is 0 Å². The quantitative estimate of drug-likeness (QED) is 0.497. The molecule has 176 valence electrons. The summed E-state index contributed by atoms with van der Waals surface area (Å²) in [6.45, 7) is 1.74. The number of methoxy groups -OCH3 is 1. The Labute approximate surface area is 199 Å². The lowest BCUT2D eigenvalue weighted by Gasteiger charge is -2.35. The highest BCUT2D eigenvalue weighted by atomic mass is 19.1. The predicted octanol–water partition coefficient (Wildman–Crippen LogP) is 5.11. The number of ether oxygens (including phenoxy) is 1. The second-order valence-corrected chi connectivity index (χ2v) is 8.72. The van der Waals surface area contributed by atoms with E-state index >= 15 is 4.39 Å². The maximum absolute atomic E-state index is 15.3. The molecule has 5 nitrogen and oxygen atoms in total. The first-order chi connectivity index (χ1) is 16.5. The molecule has 1 aromatic heterocycles. The SMILES string of the molecule is COc1ccc2nccc([C@H](F)CC[C@@H]3CCN(CC#Cc4ccccc4)C[C@@H]3C(=O)O)c2c1. The lowest BCUT2D eigenvalue weighted by Crippen LogP contribution is -2.44. The molecular formula is C28H29FN2O3. The van der Waals surface area contributed by atoms with Gasteiger partial charge in [0.05, 0.1) is 25.1 Å². The van der Waals surface area contributed by atoms with E-state index in [1.165, 1.54) is 0 Å². The Hall–Kier alpha value is -3.43. The molecule has 0 aliphatic carbocycles. The van der Waals surface area contributed by atoms with Crippen molar-refractivity contribution in [1.82, 2.24) is 9.88 Å². The van der Waals surface area contributed by atoms with Gasteiger partial charge in [0.1, 0.15) is 11.9 Å². The van der Waals surface area contributed by atoms with Crippen LogP contribution in [0.5, 0.6) is 5.75 Å². The summed E-state index contributed by atoms with van der Waals surface area (Å²) in [5.41, 5.74) is 2.24. The Morgan fingerprint density at radius 3 is 2.85 bits per heavy atom. The summed E-state index contributed by atoms with van der Waals surface area (Å²) in [6.07, 6.45) is 1.95. The highest BCUT2D eigenvalue weighted by Crippen LogP contribution is 2.35.